The fourth-order valence-corrected chi connectivity index (χ4v) is 4.75. The molecule has 0 radical (unpaired) electrons. The van der Waals surface area contributed by atoms with Gasteiger partial charge in [0.25, 0.3) is 0 Å². The standard InChI is InChI=1S/C26H35N3O3/c1-3-32-25-7-5-4-6-24(25)28-16-18-29(19-17-28)26(30)22-12-14-27(15-13-22)20-21-8-10-23(31-2)11-9-21/h4-11,22H,3,12-20H2,1-2H3. The van der Waals surface area contributed by atoms with E-state index in [0.717, 1.165) is 75.8 Å². The number of ether oxygens (including phenoxy) is 2. The Morgan fingerprint density at radius 1 is 0.938 bits per heavy atom. The monoisotopic (exact) mass is 437 g/mol. The number of piperazine rings is 1. The second kappa shape index (κ2) is 10.7. The Kier molecular flexibility index (Phi) is 7.53. The largest absolute Gasteiger partial charge is 0.497 e. The molecule has 0 atom stereocenters. The Morgan fingerprint density at radius 2 is 1.62 bits per heavy atom. The van der Waals surface area contributed by atoms with E-state index in [1.807, 2.05) is 31.2 Å². The van der Waals surface area contributed by atoms with E-state index >= 15 is 0 Å². The minimum absolute atomic E-state index is 0.157. The summed E-state index contributed by atoms with van der Waals surface area (Å²) >= 11 is 0. The van der Waals surface area contributed by atoms with Crippen molar-refractivity contribution in [3.8, 4) is 11.5 Å². The van der Waals surface area contributed by atoms with Crippen LogP contribution in [0.3, 0.4) is 0 Å². The van der Waals surface area contributed by atoms with Gasteiger partial charge in [0, 0.05) is 38.6 Å². The highest BCUT2D eigenvalue weighted by Gasteiger charge is 2.30. The van der Waals surface area contributed by atoms with E-state index in [1.165, 1.54) is 5.56 Å². The van der Waals surface area contributed by atoms with Crippen LogP contribution < -0.4 is 14.4 Å². The van der Waals surface area contributed by atoms with Crippen LogP contribution in [0.1, 0.15) is 25.3 Å². The zero-order valence-corrected chi connectivity index (χ0v) is 19.3. The van der Waals surface area contributed by atoms with Crippen LogP contribution in [-0.2, 0) is 11.3 Å². The Balaban J connectivity index is 1.24. The first-order chi connectivity index (χ1) is 15.7. The molecular weight excluding hydrogens is 402 g/mol. The second-order valence-corrected chi connectivity index (χ2v) is 8.61. The minimum atomic E-state index is 0.157. The molecule has 2 aromatic carbocycles. The molecule has 6 heteroatoms. The first-order valence-corrected chi connectivity index (χ1v) is 11.8. The van der Waals surface area contributed by atoms with Crippen LogP contribution in [0.25, 0.3) is 0 Å². The van der Waals surface area contributed by atoms with E-state index < -0.39 is 0 Å². The Morgan fingerprint density at radius 3 is 2.28 bits per heavy atom. The number of likely N-dealkylation sites (tertiary alicyclic amines) is 1. The van der Waals surface area contributed by atoms with Crippen molar-refractivity contribution >= 4 is 11.6 Å². The number of amides is 1. The van der Waals surface area contributed by atoms with Gasteiger partial charge in [-0.3, -0.25) is 9.69 Å². The van der Waals surface area contributed by atoms with Crippen molar-refractivity contribution in [2.24, 2.45) is 5.92 Å². The number of rotatable bonds is 7. The summed E-state index contributed by atoms with van der Waals surface area (Å²) in [5, 5.41) is 0. The molecular formula is C26H35N3O3. The van der Waals surface area contributed by atoms with Gasteiger partial charge in [-0.05, 0) is 62.7 Å². The molecule has 0 aliphatic carbocycles. The number of hydrogen-bond acceptors (Lipinski definition) is 5. The summed E-state index contributed by atoms with van der Waals surface area (Å²) in [5.74, 6) is 2.31. The quantitative estimate of drug-likeness (QED) is 0.662. The van der Waals surface area contributed by atoms with E-state index in [9.17, 15) is 4.79 Å². The average molecular weight is 438 g/mol. The van der Waals surface area contributed by atoms with Crippen LogP contribution in [0, 0.1) is 5.92 Å². The third kappa shape index (κ3) is 5.36. The molecule has 0 spiro atoms. The zero-order chi connectivity index (χ0) is 22.3. The van der Waals surface area contributed by atoms with Gasteiger partial charge in [-0.15, -0.1) is 0 Å². The smallest absolute Gasteiger partial charge is 0.225 e. The Bertz CT molecular complexity index is 870. The lowest BCUT2D eigenvalue weighted by atomic mass is 9.94. The third-order valence-corrected chi connectivity index (χ3v) is 6.60. The lowest BCUT2D eigenvalue weighted by Crippen LogP contribution is -2.51. The molecule has 0 aromatic heterocycles. The predicted molar refractivity (Wildman–Crippen MR) is 127 cm³/mol. The molecule has 2 aromatic rings. The van der Waals surface area contributed by atoms with Crippen molar-refractivity contribution in [1.82, 2.24) is 9.80 Å². The van der Waals surface area contributed by atoms with Gasteiger partial charge in [0.2, 0.25) is 5.91 Å². The Labute approximate surface area is 191 Å². The maximum atomic E-state index is 13.2. The van der Waals surface area contributed by atoms with Crippen LogP contribution in [0.2, 0.25) is 0 Å². The van der Waals surface area contributed by atoms with E-state index in [4.69, 9.17) is 9.47 Å². The zero-order valence-electron chi connectivity index (χ0n) is 19.3. The van der Waals surface area contributed by atoms with Gasteiger partial charge < -0.3 is 19.3 Å². The molecule has 6 nitrogen and oxygen atoms in total. The fraction of sp³-hybridized carbons (Fsp3) is 0.500. The number of para-hydroxylation sites is 2. The van der Waals surface area contributed by atoms with E-state index in [2.05, 4.69) is 39.0 Å². The molecule has 0 unspecified atom stereocenters. The van der Waals surface area contributed by atoms with Gasteiger partial charge >= 0.3 is 0 Å². The molecule has 2 aliphatic rings. The lowest BCUT2D eigenvalue weighted by Gasteiger charge is -2.39. The normalized spacial score (nSPS) is 17.9. The second-order valence-electron chi connectivity index (χ2n) is 8.61. The van der Waals surface area contributed by atoms with Crippen LogP contribution in [0.15, 0.2) is 48.5 Å². The van der Waals surface area contributed by atoms with Crippen molar-refractivity contribution in [1.29, 1.82) is 0 Å². The number of nitrogens with zero attached hydrogens (tertiary/aromatic N) is 3. The van der Waals surface area contributed by atoms with Crippen molar-refractivity contribution < 1.29 is 14.3 Å². The van der Waals surface area contributed by atoms with Crippen molar-refractivity contribution in [3.63, 3.8) is 0 Å². The van der Waals surface area contributed by atoms with Crippen LogP contribution in [0.4, 0.5) is 5.69 Å². The SMILES string of the molecule is CCOc1ccccc1N1CCN(C(=O)C2CCN(Cc3ccc(OC)cc3)CC2)CC1. The van der Waals surface area contributed by atoms with Gasteiger partial charge in [0.05, 0.1) is 19.4 Å². The molecule has 4 rings (SSSR count). The summed E-state index contributed by atoms with van der Waals surface area (Å²) < 4.78 is 11.0. The number of anilines is 1. The number of methoxy groups -OCH3 is 1. The van der Waals surface area contributed by atoms with Crippen LogP contribution in [0.5, 0.6) is 11.5 Å². The fourth-order valence-electron chi connectivity index (χ4n) is 4.75. The molecule has 0 N–H and O–H groups in total. The van der Waals surface area contributed by atoms with Gasteiger partial charge in [0.15, 0.2) is 0 Å². The maximum Gasteiger partial charge on any atom is 0.225 e. The topological polar surface area (TPSA) is 45.2 Å². The lowest BCUT2D eigenvalue weighted by molar-refractivity contribution is -0.137. The molecule has 172 valence electrons. The van der Waals surface area contributed by atoms with Crippen LogP contribution in [-0.4, -0.2) is 68.7 Å². The summed E-state index contributed by atoms with van der Waals surface area (Å²) in [6.07, 6.45) is 1.89. The summed E-state index contributed by atoms with van der Waals surface area (Å²) in [6, 6.07) is 16.5. The highest BCUT2D eigenvalue weighted by Crippen LogP contribution is 2.29. The highest BCUT2D eigenvalue weighted by atomic mass is 16.5. The van der Waals surface area contributed by atoms with Gasteiger partial charge in [-0.25, -0.2) is 0 Å². The highest BCUT2D eigenvalue weighted by molar-refractivity contribution is 5.79. The molecule has 32 heavy (non-hydrogen) atoms. The summed E-state index contributed by atoms with van der Waals surface area (Å²) in [6.45, 7) is 8.83. The average Bonchev–Trinajstić information content (AvgIpc) is 2.85. The van der Waals surface area contributed by atoms with Crippen molar-refractivity contribution in [2.45, 2.75) is 26.3 Å². The summed E-state index contributed by atoms with van der Waals surface area (Å²) in [5.41, 5.74) is 2.42. The van der Waals surface area contributed by atoms with Gasteiger partial charge in [0.1, 0.15) is 11.5 Å². The minimum Gasteiger partial charge on any atom is -0.497 e. The first-order valence-electron chi connectivity index (χ1n) is 11.8. The molecule has 2 fully saturated rings. The predicted octanol–water partition coefficient (Wildman–Crippen LogP) is 3.65. The van der Waals surface area contributed by atoms with E-state index in [-0.39, 0.29) is 5.92 Å². The summed E-state index contributed by atoms with van der Waals surface area (Å²) in [7, 11) is 1.69. The Hall–Kier alpha value is -2.73. The van der Waals surface area contributed by atoms with Gasteiger partial charge in [-0.1, -0.05) is 24.3 Å². The number of carbonyl (C=O) groups excluding carboxylic acids is 1. The molecule has 2 saturated heterocycles. The number of piperidine rings is 1. The van der Waals surface area contributed by atoms with E-state index in [0.29, 0.717) is 12.5 Å². The molecule has 2 aliphatic heterocycles. The van der Waals surface area contributed by atoms with Gasteiger partial charge in [-0.2, -0.15) is 0 Å². The molecule has 0 bridgehead atoms. The number of carbonyl (C=O) groups is 1. The third-order valence-electron chi connectivity index (χ3n) is 6.60. The molecule has 0 saturated carbocycles. The van der Waals surface area contributed by atoms with E-state index in [1.54, 1.807) is 7.11 Å². The molecule has 1 amide bonds. The number of benzene rings is 2. The molecule has 2 heterocycles. The van der Waals surface area contributed by atoms with Crippen molar-refractivity contribution in [2.75, 3.05) is 57.9 Å². The maximum absolute atomic E-state index is 13.2. The van der Waals surface area contributed by atoms with Crippen molar-refractivity contribution in [3.05, 3.63) is 54.1 Å². The van der Waals surface area contributed by atoms with Crippen LogP contribution >= 0.6 is 0 Å². The summed E-state index contributed by atoms with van der Waals surface area (Å²) in [4.78, 5) is 20.0. The number of hydrogen-bond donors (Lipinski definition) is 0. The first kappa shape index (κ1) is 22.5.